The number of hydrogen-bond acceptors (Lipinski definition) is 4. The second kappa shape index (κ2) is 6.53. The minimum atomic E-state index is -0.0536. The van der Waals surface area contributed by atoms with Crippen molar-refractivity contribution in [2.75, 3.05) is 39.3 Å². The van der Waals surface area contributed by atoms with E-state index < -0.39 is 0 Å². The van der Waals surface area contributed by atoms with E-state index in [9.17, 15) is 4.79 Å². The van der Waals surface area contributed by atoms with Crippen molar-refractivity contribution in [2.45, 2.75) is 39.2 Å². The largest absolute Gasteiger partial charge is 0.466 e. The second-order valence-corrected chi connectivity index (χ2v) is 5.60. The smallest absolute Gasteiger partial charge is 0.309 e. The van der Waals surface area contributed by atoms with E-state index in [2.05, 4.69) is 9.80 Å². The molecule has 2 unspecified atom stereocenters. The molecule has 0 bridgehead atoms. The molecule has 2 saturated heterocycles. The number of rotatable bonds is 5. The molecule has 104 valence electrons. The number of carbonyl (C=O) groups is 1. The lowest BCUT2D eigenvalue weighted by molar-refractivity contribution is -0.147. The SMILES string of the molecule is CCOC(=O)C(C)CN1CCC(N2CCCC2)C1. The highest BCUT2D eigenvalue weighted by molar-refractivity contribution is 5.72. The summed E-state index contributed by atoms with van der Waals surface area (Å²) in [7, 11) is 0. The zero-order valence-corrected chi connectivity index (χ0v) is 11.7. The minimum absolute atomic E-state index is 0.00211. The Morgan fingerprint density at radius 1 is 1.33 bits per heavy atom. The quantitative estimate of drug-likeness (QED) is 0.694. The van der Waals surface area contributed by atoms with Gasteiger partial charge in [0.1, 0.15) is 0 Å². The first-order chi connectivity index (χ1) is 8.70. The van der Waals surface area contributed by atoms with Gasteiger partial charge in [-0.25, -0.2) is 0 Å². The van der Waals surface area contributed by atoms with Crippen LogP contribution in [0, 0.1) is 5.92 Å². The molecular formula is C14H26N2O2. The Morgan fingerprint density at radius 3 is 2.72 bits per heavy atom. The van der Waals surface area contributed by atoms with Gasteiger partial charge in [0.2, 0.25) is 0 Å². The van der Waals surface area contributed by atoms with Crippen LogP contribution in [0.25, 0.3) is 0 Å². The fourth-order valence-electron chi connectivity index (χ4n) is 3.13. The second-order valence-electron chi connectivity index (χ2n) is 5.60. The number of hydrogen-bond donors (Lipinski definition) is 0. The number of ether oxygens (including phenoxy) is 1. The predicted octanol–water partition coefficient (Wildman–Crippen LogP) is 1.36. The van der Waals surface area contributed by atoms with E-state index in [-0.39, 0.29) is 11.9 Å². The lowest BCUT2D eigenvalue weighted by Gasteiger charge is -2.24. The number of esters is 1. The zero-order chi connectivity index (χ0) is 13.0. The third kappa shape index (κ3) is 3.45. The maximum absolute atomic E-state index is 11.6. The molecule has 2 rings (SSSR count). The van der Waals surface area contributed by atoms with Crippen LogP contribution in [0.4, 0.5) is 0 Å². The lowest BCUT2D eigenvalue weighted by Crippen LogP contribution is -2.37. The zero-order valence-electron chi connectivity index (χ0n) is 11.7. The van der Waals surface area contributed by atoms with Crippen LogP contribution in [-0.4, -0.2) is 61.1 Å². The molecule has 4 nitrogen and oxygen atoms in total. The van der Waals surface area contributed by atoms with Crippen molar-refractivity contribution >= 4 is 5.97 Å². The Balaban J connectivity index is 1.73. The van der Waals surface area contributed by atoms with Gasteiger partial charge in [-0.3, -0.25) is 9.69 Å². The third-order valence-corrected chi connectivity index (χ3v) is 4.13. The molecule has 2 aliphatic heterocycles. The Kier molecular flexibility index (Phi) is 5.01. The molecule has 0 aliphatic carbocycles. The molecule has 0 amide bonds. The molecule has 0 aromatic heterocycles. The summed E-state index contributed by atoms with van der Waals surface area (Å²) in [4.78, 5) is 16.7. The summed E-state index contributed by atoms with van der Waals surface area (Å²) in [5, 5.41) is 0. The Hall–Kier alpha value is -0.610. The fourth-order valence-corrected chi connectivity index (χ4v) is 3.13. The molecule has 2 heterocycles. The van der Waals surface area contributed by atoms with Gasteiger partial charge in [-0.05, 0) is 45.8 Å². The Bertz CT molecular complexity index is 277. The molecule has 0 spiro atoms. The van der Waals surface area contributed by atoms with Gasteiger partial charge >= 0.3 is 5.97 Å². The third-order valence-electron chi connectivity index (χ3n) is 4.13. The predicted molar refractivity (Wildman–Crippen MR) is 71.4 cm³/mol. The first kappa shape index (κ1) is 13.8. The van der Waals surface area contributed by atoms with E-state index in [1.807, 2.05) is 13.8 Å². The van der Waals surface area contributed by atoms with E-state index in [0.717, 1.165) is 25.7 Å². The van der Waals surface area contributed by atoms with E-state index in [0.29, 0.717) is 6.61 Å². The van der Waals surface area contributed by atoms with Crippen LogP contribution in [0.15, 0.2) is 0 Å². The number of nitrogens with zero attached hydrogens (tertiary/aromatic N) is 2. The van der Waals surface area contributed by atoms with Gasteiger partial charge in [-0.1, -0.05) is 6.92 Å². The molecule has 0 N–H and O–H groups in total. The van der Waals surface area contributed by atoms with Gasteiger partial charge in [0.25, 0.3) is 0 Å². The van der Waals surface area contributed by atoms with Crippen LogP contribution >= 0.6 is 0 Å². The lowest BCUT2D eigenvalue weighted by atomic mass is 10.2. The molecule has 4 heteroatoms. The van der Waals surface area contributed by atoms with Gasteiger partial charge in [0, 0.05) is 19.1 Å². The van der Waals surface area contributed by atoms with Gasteiger partial charge in [-0.15, -0.1) is 0 Å². The van der Waals surface area contributed by atoms with Crippen LogP contribution in [-0.2, 0) is 9.53 Å². The van der Waals surface area contributed by atoms with Crippen LogP contribution in [0.2, 0.25) is 0 Å². The first-order valence-corrected chi connectivity index (χ1v) is 7.33. The molecule has 2 aliphatic rings. The van der Waals surface area contributed by atoms with Crippen molar-refractivity contribution in [3.05, 3.63) is 0 Å². The standard InChI is InChI=1S/C14H26N2O2/c1-3-18-14(17)12(2)10-15-9-6-13(11-15)16-7-4-5-8-16/h12-13H,3-11H2,1-2H3. The fraction of sp³-hybridized carbons (Fsp3) is 0.929. The maximum Gasteiger partial charge on any atom is 0.309 e. The molecule has 0 radical (unpaired) electrons. The van der Waals surface area contributed by atoms with Crippen molar-refractivity contribution in [1.29, 1.82) is 0 Å². The highest BCUT2D eigenvalue weighted by atomic mass is 16.5. The molecule has 2 atom stereocenters. The summed E-state index contributed by atoms with van der Waals surface area (Å²) in [6.07, 6.45) is 3.97. The van der Waals surface area contributed by atoms with Gasteiger partial charge in [0.05, 0.1) is 12.5 Å². The average molecular weight is 254 g/mol. The van der Waals surface area contributed by atoms with Crippen molar-refractivity contribution < 1.29 is 9.53 Å². The van der Waals surface area contributed by atoms with Crippen molar-refractivity contribution in [1.82, 2.24) is 9.80 Å². The van der Waals surface area contributed by atoms with Gasteiger partial charge in [0.15, 0.2) is 0 Å². The van der Waals surface area contributed by atoms with Crippen molar-refractivity contribution in [2.24, 2.45) is 5.92 Å². The summed E-state index contributed by atoms with van der Waals surface area (Å²) >= 11 is 0. The maximum atomic E-state index is 11.6. The van der Waals surface area contributed by atoms with Crippen LogP contribution in [0.5, 0.6) is 0 Å². The molecule has 0 aromatic carbocycles. The van der Waals surface area contributed by atoms with Crippen LogP contribution in [0.1, 0.15) is 33.1 Å². The molecule has 2 fully saturated rings. The van der Waals surface area contributed by atoms with E-state index >= 15 is 0 Å². The summed E-state index contributed by atoms with van der Waals surface area (Å²) in [5.41, 5.74) is 0. The van der Waals surface area contributed by atoms with Crippen LogP contribution < -0.4 is 0 Å². The normalized spacial score (nSPS) is 27.6. The average Bonchev–Trinajstić information content (AvgIpc) is 2.98. The van der Waals surface area contributed by atoms with Gasteiger partial charge in [-0.2, -0.15) is 0 Å². The summed E-state index contributed by atoms with van der Waals surface area (Å²) in [6.45, 7) is 9.97. The summed E-state index contributed by atoms with van der Waals surface area (Å²) in [5.74, 6) is -0.0515. The minimum Gasteiger partial charge on any atom is -0.466 e. The number of carbonyl (C=O) groups excluding carboxylic acids is 1. The number of likely N-dealkylation sites (tertiary alicyclic amines) is 2. The van der Waals surface area contributed by atoms with Gasteiger partial charge < -0.3 is 9.64 Å². The van der Waals surface area contributed by atoms with Crippen molar-refractivity contribution in [3.8, 4) is 0 Å². The Labute approximate surface area is 110 Å². The topological polar surface area (TPSA) is 32.8 Å². The van der Waals surface area contributed by atoms with E-state index in [4.69, 9.17) is 4.74 Å². The summed E-state index contributed by atoms with van der Waals surface area (Å²) in [6, 6.07) is 0.724. The highest BCUT2D eigenvalue weighted by Crippen LogP contribution is 2.21. The van der Waals surface area contributed by atoms with E-state index in [1.165, 1.54) is 32.4 Å². The van der Waals surface area contributed by atoms with Crippen LogP contribution in [0.3, 0.4) is 0 Å². The molecule has 18 heavy (non-hydrogen) atoms. The van der Waals surface area contributed by atoms with E-state index in [1.54, 1.807) is 0 Å². The molecular weight excluding hydrogens is 228 g/mol. The molecule has 0 saturated carbocycles. The molecule has 0 aromatic rings. The summed E-state index contributed by atoms with van der Waals surface area (Å²) < 4.78 is 5.06. The first-order valence-electron chi connectivity index (χ1n) is 7.33. The monoisotopic (exact) mass is 254 g/mol. The van der Waals surface area contributed by atoms with Crippen molar-refractivity contribution in [3.63, 3.8) is 0 Å². The Morgan fingerprint density at radius 2 is 2.06 bits per heavy atom. The highest BCUT2D eigenvalue weighted by Gasteiger charge is 2.30.